The molecule has 1 amide bonds. The quantitative estimate of drug-likeness (QED) is 0.616. The van der Waals surface area contributed by atoms with E-state index in [0.29, 0.717) is 5.56 Å². The number of carbonyl (C=O) groups is 1. The first-order valence-electron chi connectivity index (χ1n) is 8.89. The molecule has 3 aromatic rings. The molecule has 1 unspecified atom stereocenters. The number of hydrogen-bond donors (Lipinski definition) is 2. The molecule has 0 spiro atoms. The average Bonchev–Trinajstić information content (AvgIpc) is 2.96. The molecule has 0 fully saturated rings. The first-order valence-corrected chi connectivity index (χ1v) is 10.3. The molecule has 0 aromatic heterocycles. The van der Waals surface area contributed by atoms with E-state index in [9.17, 15) is 4.79 Å². The number of nitrogens with one attached hydrogen (secondary N) is 1. The summed E-state index contributed by atoms with van der Waals surface area (Å²) in [5.74, 6) is 0.696. The number of fused-ring (bicyclic) bond motifs is 1. The predicted molar refractivity (Wildman–Crippen MR) is 118 cm³/mol. The van der Waals surface area contributed by atoms with E-state index >= 15 is 0 Å². The highest BCUT2D eigenvalue weighted by atomic mass is 32.2. The Morgan fingerprint density at radius 1 is 0.893 bits per heavy atom. The summed E-state index contributed by atoms with van der Waals surface area (Å²) in [6.07, 6.45) is 3.84. The Hall–Kier alpha value is -3.31. The average molecular weight is 388 g/mol. The molecule has 1 atom stereocenters. The van der Waals surface area contributed by atoms with Gasteiger partial charge in [-0.25, -0.2) is 4.40 Å². The van der Waals surface area contributed by atoms with Crippen LogP contribution >= 0.6 is 11.3 Å². The summed E-state index contributed by atoms with van der Waals surface area (Å²) in [6, 6.07) is 23.5. The highest BCUT2D eigenvalue weighted by Gasteiger charge is 2.10. The number of ether oxygens (including phenoxy) is 1. The molecular weight excluding hydrogens is 368 g/mol. The fraction of sp³-hybridized carbons (Fsp3) is 0.0435. The van der Waals surface area contributed by atoms with Crippen LogP contribution < -0.4 is 9.46 Å². The second-order valence-electron chi connectivity index (χ2n) is 6.28. The largest absolute Gasteiger partial charge is 0.497 e. The van der Waals surface area contributed by atoms with Crippen molar-refractivity contribution in [3.05, 3.63) is 94.9 Å². The molecule has 1 N–H and O–H groups in total. The van der Waals surface area contributed by atoms with Crippen molar-refractivity contribution in [2.24, 2.45) is 4.40 Å². The summed E-state index contributed by atoms with van der Waals surface area (Å²) < 4.78 is 12.7. The highest BCUT2D eigenvalue weighted by molar-refractivity contribution is 8.17. The summed E-state index contributed by atoms with van der Waals surface area (Å²) >= 11 is -1.09. The number of rotatable bonds is 4. The summed E-state index contributed by atoms with van der Waals surface area (Å²) in [5.41, 5.74) is 4.90. The SMILES string of the molecule is COc1ccc(-c2ccc(C(=O)N[SH]3C=Cc4ccccc4C=N3)cc2)cc1. The van der Waals surface area contributed by atoms with Crippen molar-refractivity contribution in [2.45, 2.75) is 0 Å². The Bertz CT molecular complexity index is 1010. The number of benzene rings is 3. The topological polar surface area (TPSA) is 50.7 Å². The van der Waals surface area contributed by atoms with Gasteiger partial charge in [0.25, 0.3) is 5.91 Å². The summed E-state index contributed by atoms with van der Waals surface area (Å²) in [4.78, 5) is 12.6. The van der Waals surface area contributed by atoms with Gasteiger partial charge in [0.05, 0.1) is 7.11 Å². The van der Waals surface area contributed by atoms with Gasteiger partial charge in [-0.3, -0.25) is 9.52 Å². The lowest BCUT2D eigenvalue weighted by atomic mass is 10.0. The molecule has 3 aromatic carbocycles. The van der Waals surface area contributed by atoms with Crippen LogP contribution in [0, 0.1) is 0 Å². The monoisotopic (exact) mass is 388 g/mol. The molecular formula is C23H20N2O2S. The maximum absolute atomic E-state index is 12.6. The van der Waals surface area contributed by atoms with E-state index in [1.54, 1.807) is 7.11 Å². The van der Waals surface area contributed by atoms with Crippen LogP contribution in [0.25, 0.3) is 17.2 Å². The molecule has 4 rings (SSSR count). The zero-order valence-corrected chi connectivity index (χ0v) is 16.3. The maximum Gasteiger partial charge on any atom is 0.261 e. The Morgan fingerprint density at radius 3 is 2.21 bits per heavy atom. The number of nitrogens with zero attached hydrogens (tertiary/aromatic N) is 1. The van der Waals surface area contributed by atoms with Crippen LogP contribution in [0.1, 0.15) is 21.5 Å². The zero-order valence-electron chi connectivity index (χ0n) is 15.4. The van der Waals surface area contributed by atoms with Gasteiger partial charge in [0.2, 0.25) is 0 Å². The van der Waals surface area contributed by atoms with Crippen LogP contribution in [0.2, 0.25) is 0 Å². The molecule has 0 bridgehead atoms. The van der Waals surface area contributed by atoms with Crippen molar-refractivity contribution in [2.75, 3.05) is 7.11 Å². The third-order valence-electron chi connectivity index (χ3n) is 4.50. The number of thiol groups is 1. The molecule has 0 radical (unpaired) electrons. The van der Waals surface area contributed by atoms with Crippen LogP contribution in [0.15, 0.2) is 82.6 Å². The first-order chi connectivity index (χ1) is 13.7. The van der Waals surface area contributed by atoms with Gasteiger partial charge in [0.15, 0.2) is 0 Å². The molecule has 5 heteroatoms. The van der Waals surface area contributed by atoms with Crippen LogP contribution in [-0.4, -0.2) is 19.2 Å². The molecule has 4 nitrogen and oxygen atoms in total. The number of amides is 1. The van der Waals surface area contributed by atoms with Gasteiger partial charge in [-0.05, 0) is 52.4 Å². The predicted octanol–water partition coefficient (Wildman–Crippen LogP) is 5.03. The van der Waals surface area contributed by atoms with E-state index in [2.05, 4.69) is 9.12 Å². The third-order valence-corrected chi connectivity index (χ3v) is 5.73. The van der Waals surface area contributed by atoms with Gasteiger partial charge >= 0.3 is 0 Å². The molecule has 0 aliphatic carbocycles. The molecule has 1 aliphatic rings. The Labute approximate surface area is 167 Å². The molecule has 0 saturated heterocycles. The van der Waals surface area contributed by atoms with E-state index in [0.717, 1.165) is 28.0 Å². The molecule has 140 valence electrons. The van der Waals surface area contributed by atoms with Crippen LogP contribution in [-0.2, 0) is 0 Å². The van der Waals surface area contributed by atoms with Gasteiger partial charge in [-0.2, -0.15) is 0 Å². The fourth-order valence-corrected chi connectivity index (χ4v) is 4.02. The minimum absolute atomic E-state index is 0.125. The lowest BCUT2D eigenvalue weighted by molar-refractivity contribution is 0.0984. The normalized spacial score (nSPS) is 16.1. The van der Waals surface area contributed by atoms with E-state index in [1.807, 2.05) is 90.5 Å². The van der Waals surface area contributed by atoms with Gasteiger partial charge in [0, 0.05) is 17.3 Å². The minimum atomic E-state index is -1.09. The van der Waals surface area contributed by atoms with Crippen molar-refractivity contribution in [1.29, 1.82) is 0 Å². The van der Waals surface area contributed by atoms with Crippen molar-refractivity contribution in [3.8, 4) is 16.9 Å². The molecule has 28 heavy (non-hydrogen) atoms. The van der Waals surface area contributed by atoms with E-state index < -0.39 is 11.3 Å². The summed E-state index contributed by atoms with van der Waals surface area (Å²) in [6.45, 7) is 0. The van der Waals surface area contributed by atoms with Crippen LogP contribution in [0.5, 0.6) is 5.75 Å². The van der Waals surface area contributed by atoms with Crippen molar-refractivity contribution in [3.63, 3.8) is 0 Å². The molecule has 1 aliphatic heterocycles. The van der Waals surface area contributed by atoms with Gasteiger partial charge in [-0.1, -0.05) is 59.8 Å². The van der Waals surface area contributed by atoms with Crippen LogP contribution in [0.4, 0.5) is 0 Å². The Kier molecular flexibility index (Phi) is 5.26. The van der Waals surface area contributed by atoms with E-state index in [-0.39, 0.29) is 5.91 Å². The summed E-state index contributed by atoms with van der Waals surface area (Å²) in [5, 5.41) is 1.96. The lowest BCUT2D eigenvalue weighted by Crippen LogP contribution is -2.18. The van der Waals surface area contributed by atoms with Crippen LogP contribution in [0.3, 0.4) is 0 Å². The van der Waals surface area contributed by atoms with Crippen molar-refractivity contribution >= 4 is 29.5 Å². The summed E-state index contributed by atoms with van der Waals surface area (Å²) in [7, 11) is 1.65. The highest BCUT2D eigenvalue weighted by Crippen LogP contribution is 2.29. The lowest BCUT2D eigenvalue weighted by Gasteiger charge is -2.13. The molecule has 0 saturated carbocycles. The maximum atomic E-state index is 12.6. The number of hydrogen-bond acceptors (Lipinski definition) is 3. The Balaban J connectivity index is 1.45. The number of carbonyl (C=O) groups excluding carboxylic acids is 1. The number of methoxy groups -OCH3 is 1. The molecule has 1 heterocycles. The van der Waals surface area contributed by atoms with Gasteiger partial charge in [-0.15, -0.1) is 0 Å². The fourth-order valence-electron chi connectivity index (χ4n) is 2.93. The van der Waals surface area contributed by atoms with E-state index in [1.165, 1.54) is 0 Å². The second kappa shape index (κ2) is 8.15. The van der Waals surface area contributed by atoms with Crippen molar-refractivity contribution < 1.29 is 9.53 Å². The van der Waals surface area contributed by atoms with Gasteiger partial charge < -0.3 is 4.74 Å². The third kappa shape index (κ3) is 4.00. The smallest absolute Gasteiger partial charge is 0.261 e. The standard InChI is InChI=1S/C23H20N2O2S/c1-27-22-12-10-19(11-13-22)18-6-8-20(9-7-18)23(26)25-28-15-14-17-4-2-3-5-21(17)16-24-28/h2-16,28H,1H3,(H,25,26). The van der Waals surface area contributed by atoms with Gasteiger partial charge in [0.1, 0.15) is 5.75 Å². The zero-order chi connectivity index (χ0) is 19.3. The van der Waals surface area contributed by atoms with Crippen molar-refractivity contribution in [1.82, 2.24) is 4.72 Å². The minimum Gasteiger partial charge on any atom is -0.497 e. The Morgan fingerprint density at radius 2 is 1.54 bits per heavy atom. The second-order valence-corrected chi connectivity index (χ2v) is 7.72. The van der Waals surface area contributed by atoms with E-state index in [4.69, 9.17) is 4.74 Å². The first kappa shape index (κ1) is 18.1.